The Labute approximate surface area is 114 Å². The number of carboxylic acid groups (broad SMARTS) is 1. The van der Waals surface area contributed by atoms with Crippen LogP contribution in [0.4, 0.5) is 0 Å². The Kier molecular flexibility index (Phi) is 3.59. The molecule has 1 heterocycles. The number of rotatable bonds is 3. The summed E-state index contributed by atoms with van der Waals surface area (Å²) in [5.41, 5.74) is 1.02. The standard InChI is InChI=1S/C12H10Cl2N2O2/c1-7-15-5-11(12(17)18)16(7)6-8-2-3-9(13)10(14)4-8/h2-5H,6H2,1H3,(H,17,18). The first-order valence-electron chi connectivity index (χ1n) is 5.18. The molecule has 0 bridgehead atoms. The first kappa shape index (κ1) is 12.9. The van der Waals surface area contributed by atoms with Gasteiger partial charge in [0.1, 0.15) is 11.5 Å². The molecule has 0 aliphatic heterocycles. The van der Waals surface area contributed by atoms with Crippen molar-refractivity contribution in [1.29, 1.82) is 0 Å². The number of benzene rings is 1. The van der Waals surface area contributed by atoms with Gasteiger partial charge in [0, 0.05) is 6.54 Å². The minimum absolute atomic E-state index is 0.151. The first-order valence-corrected chi connectivity index (χ1v) is 5.94. The van der Waals surface area contributed by atoms with Crippen LogP contribution in [0.1, 0.15) is 21.9 Å². The van der Waals surface area contributed by atoms with Crippen LogP contribution < -0.4 is 0 Å². The van der Waals surface area contributed by atoms with E-state index in [-0.39, 0.29) is 5.69 Å². The van der Waals surface area contributed by atoms with Gasteiger partial charge in [-0.1, -0.05) is 29.3 Å². The van der Waals surface area contributed by atoms with Crippen LogP contribution in [0, 0.1) is 6.92 Å². The Balaban J connectivity index is 2.36. The van der Waals surface area contributed by atoms with Crippen molar-refractivity contribution in [1.82, 2.24) is 9.55 Å². The van der Waals surface area contributed by atoms with Crippen LogP contribution >= 0.6 is 23.2 Å². The van der Waals surface area contributed by atoms with E-state index in [9.17, 15) is 4.79 Å². The summed E-state index contributed by atoms with van der Waals surface area (Å²) in [5, 5.41) is 9.97. The number of nitrogens with zero attached hydrogens (tertiary/aromatic N) is 2. The topological polar surface area (TPSA) is 55.1 Å². The highest BCUT2D eigenvalue weighted by atomic mass is 35.5. The number of halogens is 2. The monoisotopic (exact) mass is 284 g/mol. The van der Waals surface area contributed by atoms with Gasteiger partial charge in [-0.25, -0.2) is 9.78 Å². The lowest BCUT2D eigenvalue weighted by atomic mass is 10.2. The number of hydrogen-bond acceptors (Lipinski definition) is 2. The summed E-state index contributed by atoms with van der Waals surface area (Å²) in [7, 11) is 0. The third-order valence-electron chi connectivity index (χ3n) is 2.60. The molecule has 1 aromatic heterocycles. The molecular formula is C12H10Cl2N2O2. The lowest BCUT2D eigenvalue weighted by molar-refractivity contribution is 0.0685. The van der Waals surface area contributed by atoms with Crippen LogP contribution in [-0.2, 0) is 6.54 Å². The van der Waals surface area contributed by atoms with Gasteiger partial charge in [0.2, 0.25) is 0 Å². The molecule has 1 aromatic carbocycles. The van der Waals surface area contributed by atoms with E-state index in [2.05, 4.69) is 4.98 Å². The van der Waals surface area contributed by atoms with E-state index in [4.69, 9.17) is 28.3 Å². The molecular weight excluding hydrogens is 275 g/mol. The summed E-state index contributed by atoms with van der Waals surface area (Å²) in [6.07, 6.45) is 1.34. The molecule has 4 nitrogen and oxygen atoms in total. The van der Waals surface area contributed by atoms with Crippen molar-refractivity contribution in [3.63, 3.8) is 0 Å². The van der Waals surface area contributed by atoms with Gasteiger partial charge in [0.15, 0.2) is 0 Å². The summed E-state index contributed by atoms with van der Waals surface area (Å²) in [4.78, 5) is 15.0. The number of carboxylic acids is 1. The molecule has 0 spiro atoms. The molecule has 2 rings (SSSR count). The van der Waals surface area contributed by atoms with Crippen LogP contribution in [0.15, 0.2) is 24.4 Å². The van der Waals surface area contributed by atoms with Gasteiger partial charge in [0.25, 0.3) is 0 Å². The first-order chi connectivity index (χ1) is 8.49. The fraction of sp³-hybridized carbons (Fsp3) is 0.167. The van der Waals surface area contributed by atoms with Crippen molar-refractivity contribution < 1.29 is 9.90 Å². The van der Waals surface area contributed by atoms with E-state index in [1.54, 1.807) is 29.7 Å². The van der Waals surface area contributed by atoms with Crippen molar-refractivity contribution in [3.05, 3.63) is 51.5 Å². The largest absolute Gasteiger partial charge is 0.477 e. The third kappa shape index (κ3) is 2.49. The number of aromatic carboxylic acids is 1. The second kappa shape index (κ2) is 5.00. The summed E-state index contributed by atoms with van der Waals surface area (Å²) < 4.78 is 1.61. The Morgan fingerprint density at radius 1 is 1.39 bits per heavy atom. The molecule has 2 aromatic rings. The van der Waals surface area contributed by atoms with E-state index in [1.807, 2.05) is 0 Å². The maximum absolute atomic E-state index is 11.0. The fourth-order valence-electron chi connectivity index (χ4n) is 1.66. The summed E-state index contributed by atoms with van der Waals surface area (Å²) in [6, 6.07) is 5.21. The molecule has 0 atom stereocenters. The minimum Gasteiger partial charge on any atom is -0.477 e. The molecule has 0 aliphatic rings. The Bertz CT molecular complexity index is 608. The summed E-state index contributed by atoms with van der Waals surface area (Å²) in [6.45, 7) is 2.15. The smallest absolute Gasteiger partial charge is 0.354 e. The van der Waals surface area contributed by atoms with Crippen LogP contribution in [0.25, 0.3) is 0 Å². The maximum Gasteiger partial charge on any atom is 0.354 e. The molecule has 0 aliphatic carbocycles. The maximum atomic E-state index is 11.0. The van der Waals surface area contributed by atoms with Crippen molar-refractivity contribution in [2.45, 2.75) is 13.5 Å². The van der Waals surface area contributed by atoms with Crippen LogP contribution in [0.3, 0.4) is 0 Å². The van der Waals surface area contributed by atoms with Crippen LogP contribution in [0.2, 0.25) is 10.0 Å². The van der Waals surface area contributed by atoms with E-state index in [1.165, 1.54) is 6.20 Å². The van der Waals surface area contributed by atoms with Gasteiger partial charge in [-0.15, -0.1) is 0 Å². The second-order valence-corrected chi connectivity index (χ2v) is 4.64. The van der Waals surface area contributed by atoms with Gasteiger partial charge in [-0.05, 0) is 24.6 Å². The number of imidazole rings is 1. The number of hydrogen-bond donors (Lipinski definition) is 1. The molecule has 94 valence electrons. The molecule has 18 heavy (non-hydrogen) atoms. The normalized spacial score (nSPS) is 10.6. The number of carbonyl (C=O) groups is 1. The third-order valence-corrected chi connectivity index (χ3v) is 3.34. The quantitative estimate of drug-likeness (QED) is 0.941. The van der Waals surface area contributed by atoms with E-state index < -0.39 is 5.97 Å². The summed E-state index contributed by atoms with van der Waals surface area (Å²) in [5.74, 6) is -0.367. The van der Waals surface area contributed by atoms with Crippen LogP contribution in [0.5, 0.6) is 0 Å². The molecule has 0 amide bonds. The molecule has 0 saturated carbocycles. The number of aryl methyl sites for hydroxylation is 1. The highest BCUT2D eigenvalue weighted by Crippen LogP contribution is 2.23. The average molecular weight is 285 g/mol. The zero-order valence-corrected chi connectivity index (χ0v) is 11.0. The van der Waals surface area contributed by atoms with Crippen molar-refractivity contribution >= 4 is 29.2 Å². The Morgan fingerprint density at radius 3 is 2.72 bits per heavy atom. The lowest BCUT2D eigenvalue weighted by Gasteiger charge is -2.08. The summed E-state index contributed by atoms with van der Waals surface area (Å²) >= 11 is 11.8. The van der Waals surface area contributed by atoms with Gasteiger partial charge >= 0.3 is 5.97 Å². The average Bonchev–Trinajstić information content (AvgIpc) is 2.66. The van der Waals surface area contributed by atoms with Crippen LogP contribution in [-0.4, -0.2) is 20.6 Å². The van der Waals surface area contributed by atoms with E-state index >= 15 is 0 Å². The molecule has 1 N–H and O–H groups in total. The van der Waals surface area contributed by atoms with E-state index in [0.717, 1.165) is 5.56 Å². The predicted molar refractivity (Wildman–Crippen MR) is 69.5 cm³/mol. The second-order valence-electron chi connectivity index (χ2n) is 3.83. The number of aromatic nitrogens is 2. The van der Waals surface area contributed by atoms with Gasteiger partial charge in [0.05, 0.1) is 16.2 Å². The zero-order chi connectivity index (χ0) is 13.3. The van der Waals surface area contributed by atoms with Crippen molar-refractivity contribution in [2.75, 3.05) is 0 Å². The molecule has 0 radical (unpaired) electrons. The zero-order valence-electron chi connectivity index (χ0n) is 9.52. The highest BCUT2D eigenvalue weighted by molar-refractivity contribution is 6.42. The van der Waals surface area contributed by atoms with Crippen molar-refractivity contribution in [2.24, 2.45) is 0 Å². The van der Waals surface area contributed by atoms with Gasteiger partial charge < -0.3 is 9.67 Å². The van der Waals surface area contributed by atoms with Gasteiger partial charge in [-0.2, -0.15) is 0 Å². The van der Waals surface area contributed by atoms with E-state index in [0.29, 0.717) is 22.4 Å². The Morgan fingerprint density at radius 2 is 2.11 bits per heavy atom. The molecule has 0 unspecified atom stereocenters. The molecule has 0 saturated heterocycles. The minimum atomic E-state index is -1.00. The predicted octanol–water partition coefficient (Wildman–Crippen LogP) is 3.24. The molecule has 0 fully saturated rings. The Hall–Kier alpha value is -1.52. The lowest BCUT2D eigenvalue weighted by Crippen LogP contribution is -2.10. The fourth-order valence-corrected chi connectivity index (χ4v) is 1.98. The SMILES string of the molecule is Cc1ncc(C(=O)O)n1Cc1ccc(Cl)c(Cl)c1. The van der Waals surface area contributed by atoms with Crippen molar-refractivity contribution in [3.8, 4) is 0 Å². The molecule has 6 heteroatoms. The highest BCUT2D eigenvalue weighted by Gasteiger charge is 2.13. The van der Waals surface area contributed by atoms with Gasteiger partial charge in [-0.3, -0.25) is 0 Å².